The summed E-state index contributed by atoms with van der Waals surface area (Å²) < 4.78 is 0. The first-order valence-electron chi connectivity index (χ1n) is 3.74. The van der Waals surface area contributed by atoms with Gasteiger partial charge in [0.05, 0.1) is 6.21 Å². The fraction of sp³-hybridized carbons (Fsp3) is 0.111. The van der Waals surface area contributed by atoms with Crippen LogP contribution in [0.15, 0.2) is 29.4 Å². The van der Waals surface area contributed by atoms with E-state index in [0.717, 1.165) is 17.4 Å². The number of rotatable bonds is 1. The number of fused-ring (bicyclic) bond motifs is 1. The maximum absolute atomic E-state index is 10.6. The van der Waals surface area contributed by atoms with E-state index in [-0.39, 0.29) is 6.04 Å². The molecule has 3 heteroatoms. The Morgan fingerprint density at radius 1 is 1.42 bits per heavy atom. The first kappa shape index (κ1) is 7.03. The van der Waals surface area contributed by atoms with E-state index in [1.165, 1.54) is 0 Å². The van der Waals surface area contributed by atoms with Gasteiger partial charge in [-0.1, -0.05) is 24.3 Å². The Labute approximate surface area is 70.1 Å². The van der Waals surface area contributed by atoms with Crippen molar-refractivity contribution >= 4 is 12.5 Å². The van der Waals surface area contributed by atoms with Gasteiger partial charge in [-0.25, -0.2) is 0 Å². The molecule has 0 saturated heterocycles. The SMILES string of the molecule is O=CC1NN=Cc2ccccc21. The van der Waals surface area contributed by atoms with Gasteiger partial charge in [-0.3, -0.25) is 5.43 Å². The highest BCUT2D eigenvalue weighted by atomic mass is 16.1. The highest BCUT2D eigenvalue weighted by molar-refractivity contribution is 5.85. The van der Waals surface area contributed by atoms with Crippen LogP contribution in [-0.4, -0.2) is 12.5 Å². The van der Waals surface area contributed by atoms with E-state index in [0.29, 0.717) is 0 Å². The second-order valence-corrected chi connectivity index (χ2v) is 2.63. The Morgan fingerprint density at radius 3 is 3.08 bits per heavy atom. The van der Waals surface area contributed by atoms with Crippen LogP contribution in [0.3, 0.4) is 0 Å². The first-order valence-corrected chi connectivity index (χ1v) is 3.74. The number of carbonyl (C=O) groups is 1. The van der Waals surface area contributed by atoms with Crippen LogP contribution in [0.1, 0.15) is 17.2 Å². The Bertz CT molecular complexity index is 333. The van der Waals surface area contributed by atoms with Gasteiger partial charge in [-0.15, -0.1) is 0 Å². The van der Waals surface area contributed by atoms with Crippen LogP contribution in [0.25, 0.3) is 0 Å². The van der Waals surface area contributed by atoms with Crippen molar-refractivity contribution in [3.8, 4) is 0 Å². The van der Waals surface area contributed by atoms with Gasteiger partial charge in [0.25, 0.3) is 0 Å². The number of nitrogens with zero attached hydrogens (tertiary/aromatic N) is 1. The molecular weight excluding hydrogens is 152 g/mol. The third-order valence-electron chi connectivity index (χ3n) is 1.88. The first-order chi connectivity index (χ1) is 5.92. The average molecular weight is 160 g/mol. The van der Waals surface area contributed by atoms with Crippen molar-refractivity contribution in [3.05, 3.63) is 35.4 Å². The fourth-order valence-electron chi connectivity index (χ4n) is 1.27. The molecule has 0 saturated carbocycles. The molecule has 0 bridgehead atoms. The third-order valence-corrected chi connectivity index (χ3v) is 1.88. The molecule has 0 aliphatic carbocycles. The Balaban J connectivity index is 2.52. The molecule has 3 nitrogen and oxygen atoms in total. The number of carbonyl (C=O) groups excluding carboxylic acids is 1. The molecule has 1 N–H and O–H groups in total. The zero-order valence-corrected chi connectivity index (χ0v) is 6.40. The number of nitrogens with one attached hydrogen (secondary N) is 1. The van der Waals surface area contributed by atoms with Crippen LogP contribution < -0.4 is 5.43 Å². The van der Waals surface area contributed by atoms with Crippen molar-refractivity contribution in [2.24, 2.45) is 5.10 Å². The molecule has 0 aromatic heterocycles. The van der Waals surface area contributed by atoms with Crippen LogP contribution in [-0.2, 0) is 4.79 Å². The highest BCUT2D eigenvalue weighted by Crippen LogP contribution is 2.17. The predicted octanol–water partition coefficient (Wildman–Crippen LogP) is 0.864. The second kappa shape index (κ2) is 2.77. The minimum Gasteiger partial charge on any atom is -0.301 e. The smallest absolute Gasteiger partial charge is 0.148 e. The standard InChI is InChI=1S/C9H8N2O/c12-6-9-8-4-2-1-3-7(8)5-10-11-9/h1-6,9,11H. The van der Waals surface area contributed by atoms with E-state index in [4.69, 9.17) is 0 Å². The van der Waals surface area contributed by atoms with Crippen LogP contribution >= 0.6 is 0 Å². The molecule has 1 atom stereocenters. The lowest BCUT2D eigenvalue weighted by Crippen LogP contribution is -2.22. The molecule has 2 rings (SSSR count). The molecule has 0 spiro atoms. The molecular formula is C9H8N2O. The van der Waals surface area contributed by atoms with Crippen molar-refractivity contribution in [2.75, 3.05) is 0 Å². The lowest BCUT2D eigenvalue weighted by atomic mass is 10.0. The number of hydrogen-bond acceptors (Lipinski definition) is 3. The zero-order chi connectivity index (χ0) is 8.39. The summed E-state index contributed by atoms with van der Waals surface area (Å²) in [4.78, 5) is 10.6. The summed E-state index contributed by atoms with van der Waals surface area (Å²) in [5.74, 6) is 0. The van der Waals surface area contributed by atoms with Crippen LogP contribution in [0.2, 0.25) is 0 Å². The van der Waals surface area contributed by atoms with Gasteiger partial charge in [0.2, 0.25) is 0 Å². The van der Waals surface area contributed by atoms with Gasteiger partial charge in [0.15, 0.2) is 0 Å². The summed E-state index contributed by atoms with van der Waals surface area (Å²) in [5, 5.41) is 3.86. The summed E-state index contributed by atoms with van der Waals surface area (Å²) in [6.07, 6.45) is 2.57. The highest BCUT2D eigenvalue weighted by Gasteiger charge is 2.14. The van der Waals surface area contributed by atoms with Crippen LogP contribution in [0.5, 0.6) is 0 Å². The summed E-state index contributed by atoms with van der Waals surface area (Å²) in [7, 11) is 0. The maximum Gasteiger partial charge on any atom is 0.148 e. The molecule has 0 radical (unpaired) electrons. The molecule has 1 aromatic rings. The molecule has 1 aliphatic rings. The van der Waals surface area contributed by atoms with E-state index >= 15 is 0 Å². The zero-order valence-electron chi connectivity index (χ0n) is 6.40. The van der Waals surface area contributed by atoms with Crippen molar-refractivity contribution in [1.29, 1.82) is 0 Å². The number of aldehydes is 1. The van der Waals surface area contributed by atoms with Gasteiger partial charge >= 0.3 is 0 Å². The minimum absolute atomic E-state index is 0.286. The Hall–Kier alpha value is -1.64. The number of hydrogen-bond donors (Lipinski definition) is 1. The second-order valence-electron chi connectivity index (χ2n) is 2.63. The molecule has 1 aromatic carbocycles. The summed E-state index contributed by atoms with van der Waals surface area (Å²) in [6.45, 7) is 0. The fourth-order valence-corrected chi connectivity index (χ4v) is 1.27. The van der Waals surface area contributed by atoms with E-state index in [1.807, 2.05) is 24.3 Å². The van der Waals surface area contributed by atoms with E-state index in [2.05, 4.69) is 10.5 Å². The molecule has 12 heavy (non-hydrogen) atoms. The summed E-state index contributed by atoms with van der Waals surface area (Å²) in [5.41, 5.74) is 4.72. The van der Waals surface area contributed by atoms with Gasteiger partial charge in [-0.05, 0) is 5.56 Å². The Morgan fingerprint density at radius 2 is 2.25 bits per heavy atom. The minimum atomic E-state index is -0.286. The quantitative estimate of drug-likeness (QED) is 0.619. The van der Waals surface area contributed by atoms with Crippen molar-refractivity contribution in [2.45, 2.75) is 6.04 Å². The number of benzene rings is 1. The molecule has 0 fully saturated rings. The molecule has 1 unspecified atom stereocenters. The van der Waals surface area contributed by atoms with Crippen LogP contribution in [0.4, 0.5) is 0 Å². The monoisotopic (exact) mass is 160 g/mol. The number of hydrazone groups is 1. The summed E-state index contributed by atoms with van der Waals surface area (Å²) in [6, 6.07) is 7.42. The van der Waals surface area contributed by atoms with Gasteiger partial charge in [0, 0.05) is 5.56 Å². The molecule has 1 aliphatic heterocycles. The average Bonchev–Trinajstić information content (AvgIpc) is 2.17. The maximum atomic E-state index is 10.6. The van der Waals surface area contributed by atoms with Gasteiger partial charge in [0.1, 0.15) is 12.3 Å². The van der Waals surface area contributed by atoms with E-state index < -0.39 is 0 Å². The molecule has 1 heterocycles. The van der Waals surface area contributed by atoms with E-state index in [1.54, 1.807) is 6.21 Å². The van der Waals surface area contributed by atoms with Gasteiger partial charge < -0.3 is 4.79 Å². The van der Waals surface area contributed by atoms with E-state index in [9.17, 15) is 4.79 Å². The van der Waals surface area contributed by atoms with Gasteiger partial charge in [-0.2, -0.15) is 5.10 Å². The summed E-state index contributed by atoms with van der Waals surface area (Å²) >= 11 is 0. The Kier molecular flexibility index (Phi) is 1.63. The lowest BCUT2D eigenvalue weighted by molar-refractivity contribution is -0.109. The third kappa shape index (κ3) is 0.993. The van der Waals surface area contributed by atoms with Crippen molar-refractivity contribution < 1.29 is 4.79 Å². The normalized spacial score (nSPS) is 19.5. The lowest BCUT2D eigenvalue weighted by Gasteiger charge is -2.16. The largest absolute Gasteiger partial charge is 0.301 e. The van der Waals surface area contributed by atoms with Crippen molar-refractivity contribution in [1.82, 2.24) is 5.43 Å². The van der Waals surface area contributed by atoms with Crippen LogP contribution in [0, 0.1) is 0 Å². The predicted molar refractivity (Wildman–Crippen MR) is 46.0 cm³/mol. The topological polar surface area (TPSA) is 41.5 Å². The molecule has 0 amide bonds. The van der Waals surface area contributed by atoms with Crippen molar-refractivity contribution in [3.63, 3.8) is 0 Å². The molecule has 60 valence electrons.